The minimum atomic E-state index is 0.862. The minimum Gasteiger partial charge on any atom is -0.497 e. The summed E-state index contributed by atoms with van der Waals surface area (Å²) in [4.78, 5) is 0. The SMILES string of the molecule is COc1ccc2ccn(-c3cc(C)nn3C)c2c1. The van der Waals surface area contributed by atoms with Gasteiger partial charge in [0.15, 0.2) is 0 Å². The van der Waals surface area contributed by atoms with Crippen molar-refractivity contribution in [2.45, 2.75) is 6.92 Å². The molecule has 18 heavy (non-hydrogen) atoms. The van der Waals surface area contributed by atoms with Crippen LogP contribution in [0, 0.1) is 6.92 Å². The number of fused-ring (bicyclic) bond motifs is 1. The van der Waals surface area contributed by atoms with Crippen molar-refractivity contribution in [1.29, 1.82) is 0 Å². The van der Waals surface area contributed by atoms with E-state index < -0.39 is 0 Å². The van der Waals surface area contributed by atoms with Crippen LogP contribution in [0.3, 0.4) is 0 Å². The van der Waals surface area contributed by atoms with Gasteiger partial charge in [-0.15, -0.1) is 0 Å². The number of hydrogen-bond acceptors (Lipinski definition) is 2. The van der Waals surface area contributed by atoms with Crippen molar-refractivity contribution in [3.63, 3.8) is 0 Å². The van der Waals surface area contributed by atoms with E-state index in [1.165, 1.54) is 5.39 Å². The van der Waals surface area contributed by atoms with Gasteiger partial charge in [-0.2, -0.15) is 5.10 Å². The molecular formula is C14H15N3O. The molecule has 3 aromatic rings. The molecule has 1 aromatic carbocycles. The Morgan fingerprint density at radius 3 is 2.67 bits per heavy atom. The molecule has 2 aromatic heterocycles. The van der Waals surface area contributed by atoms with E-state index in [0.717, 1.165) is 22.8 Å². The molecule has 0 amide bonds. The van der Waals surface area contributed by atoms with Crippen LogP contribution in [0.15, 0.2) is 36.5 Å². The first-order valence-corrected chi connectivity index (χ1v) is 5.85. The predicted molar refractivity (Wildman–Crippen MR) is 71.3 cm³/mol. The Morgan fingerprint density at radius 1 is 1.17 bits per heavy atom. The molecule has 0 radical (unpaired) electrons. The van der Waals surface area contributed by atoms with E-state index in [-0.39, 0.29) is 0 Å². The van der Waals surface area contributed by atoms with Gasteiger partial charge in [-0.05, 0) is 25.1 Å². The zero-order valence-corrected chi connectivity index (χ0v) is 10.7. The summed E-state index contributed by atoms with van der Waals surface area (Å²) in [6.45, 7) is 2.00. The molecule has 0 atom stereocenters. The summed E-state index contributed by atoms with van der Waals surface area (Å²) in [5.41, 5.74) is 2.13. The molecule has 0 aliphatic rings. The first-order valence-electron chi connectivity index (χ1n) is 5.85. The number of rotatable bonds is 2. The van der Waals surface area contributed by atoms with Gasteiger partial charge in [-0.3, -0.25) is 4.68 Å². The zero-order valence-electron chi connectivity index (χ0n) is 10.7. The molecule has 0 saturated heterocycles. The number of nitrogens with zero attached hydrogens (tertiary/aromatic N) is 3. The van der Waals surface area contributed by atoms with Gasteiger partial charge in [0, 0.05) is 30.8 Å². The van der Waals surface area contributed by atoms with Crippen LogP contribution < -0.4 is 4.74 Å². The maximum Gasteiger partial charge on any atom is 0.135 e. The maximum absolute atomic E-state index is 5.28. The molecule has 3 rings (SSSR count). The van der Waals surface area contributed by atoms with E-state index in [4.69, 9.17) is 4.74 Å². The van der Waals surface area contributed by atoms with Crippen molar-refractivity contribution in [1.82, 2.24) is 14.3 Å². The standard InChI is InChI=1S/C14H15N3O/c1-10-8-14(16(2)15-10)17-7-6-11-4-5-12(18-3)9-13(11)17/h4-9H,1-3H3. The fourth-order valence-corrected chi connectivity index (χ4v) is 2.26. The van der Waals surface area contributed by atoms with Crippen molar-refractivity contribution in [3.8, 4) is 11.6 Å². The van der Waals surface area contributed by atoms with Gasteiger partial charge in [-0.25, -0.2) is 0 Å². The van der Waals surface area contributed by atoms with E-state index in [2.05, 4.69) is 34.1 Å². The Morgan fingerprint density at radius 2 is 2.00 bits per heavy atom. The molecule has 0 fully saturated rings. The van der Waals surface area contributed by atoms with Crippen LogP contribution in [0.5, 0.6) is 5.75 Å². The first kappa shape index (κ1) is 10.9. The van der Waals surface area contributed by atoms with Crippen molar-refractivity contribution >= 4 is 10.9 Å². The summed E-state index contributed by atoms with van der Waals surface area (Å²) in [6, 6.07) is 10.2. The lowest BCUT2D eigenvalue weighted by Crippen LogP contribution is -2.01. The number of aryl methyl sites for hydroxylation is 2. The molecule has 0 aliphatic carbocycles. The maximum atomic E-state index is 5.28. The Labute approximate surface area is 105 Å². The second-order valence-corrected chi connectivity index (χ2v) is 4.38. The summed E-state index contributed by atoms with van der Waals surface area (Å²) in [5.74, 6) is 1.91. The van der Waals surface area contributed by atoms with Crippen LogP contribution in [-0.4, -0.2) is 21.5 Å². The summed E-state index contributed by atoms with van der Waals surface area (Å²) >= 11 is 0. The van der Waals surface area contributed by atoms with Crippen LogP contribution >= 0.6 is 0 Å². The van der Waals surface area contributed by atoms with Gasteiger partial charge >= 0.3 is 0 Å². The lowest BCUT2D eigenvalue weighted by molar-refractivity contribution is 0.415. The lowest BCUT2D eigenvalue weighted by atomic mass is 10.2. The van der Waals surface area contributed by atoms with Crippen molar-refractivity contribution < 1.29 is 4.74 Å². The number of benzene rings is 1. The molecule has 0 unspecified atom stereocenters. The molecule has 4 heteroatoms. The zero-order chi connectivity index (χ0) is 12.7. The largest absolute Gasteiger partial charge is 0.497 e. The summed E-state index contributed by atoms with van der Waals surface area (Å²) in [5, 5.41) is 5.57. The molecule has 0 spiro atoms. The summed E-state index contributed by atoms with van der Waals surface area (Å²) in [6.07, 6.45) is 2.06. The second kappa shape index (κ2) is 3.91. The summed E-state index contributed by atoms with van der Waals surface area (Å²) in [7, 11) is 3.64. The Kier molecular flexibility index (Phi) is 2.37. The van der Waals surface area contributed by atoms with E-state index in [1.807, 2.05) is 30.8 Å². The molecule has 0 saturated carbocycles. The molecule has 0 N–H and O–H groups in total. The quantitative estimate of drug-likeness (QED) is 0.691. The average Bonchev–Trinajstić information content (AvgIpc) is 2.91. The third kappa shape index (κ3) is 1.57. The van der Waals surface area contributed by atoms with E-state index in [0.29, 0.717) is 0 Å². The number of methoxy groups -OCH3 is 1. The molecular weight excluding hydrogens is 226 g/mol. The van der Waals surface area contributed by atoms with Gasteiger partial charge < -0.3 is 9.30 Å². The van der Waals surface area contributed by atoms with Crippen molar-refractivity contribution in [2.24, 2.45) is 7.05 Å². The van der Waals surface area contributed by atoms with Crippen LogP contribution in [-0.2, 0) is 7.05 Å². The summed E-state index contributed by atoms with van der Waals surface area (Å²) < 4.78 is 9.29. The van der Waals surface area contributed by atoms with E-state index in [9.17, 15) is 0 Å². The van der Waals surface area contributed by atoms with Gasteiger partial charge in [0.05, 0.1) is 18.3 Å². The highest BCUT2D eigenvalue weighted by atomic mass is 16.5. The highest BCUT2D eigenvalue weighted by molar-refractivity contribution is 5.83. The Bertz CT molecular complexity index is 709. The van der Waals surface area contributed by atoms with E-state index >= 15 is 0 Å². The van der Waals surface area contributed by atoms with Crippen molar-refractivity contribution in [3.05, 3.63) is 42.2 Å². The third-order valence-corrected chi connectivity index (χ3v) is 3.12. The highest BCUT2D eigenvalue weighted by Crippen LogP contribution is 2.24. The van der Waals surface area contributed by atoms with Gasteiger partial charge in [0.25, 0.3) is 0 Å². The van der Waals surface area contributed by atoms with Crippen LogP contribution in [0.1, 0.15) is 5.69 Å². The van der Waals surface area contributed by atoms with Crippen LogP contribution in [0.2, 0.25) is 0 Å². The van der Waals surface area contributed by atoms with E-state index in [1.54, 1.807) is 7.11 Å². The number of ether oxygens (including phenoxy) is 1. The monoisotopic (exact) mass is 241 g/mol. The predicted octanol–water partition coefficient (Wildman–Crippen LogP) is 2.68. The number of aromatic nitrogens is 3. The smallest absolute Gasteiger partial charge is 0.135 e. The van der Waals surface area contributed by atoms with Crippen LogP contribution in [0.25, 0.3) is 16.7 Å². The fraction of sp³-hybridized carbons (Fsp3) is 0.214. The Hall–Kier alpha value is -2.23. The van der Waals surface area contributed by atoms with Gasteiger partial charge in [0.1, 0.15) is 11.6 Å². The average molecular weight is 241 g/mol. The fourth-order valence-electron chi connectivity index (χ4n) is 2.26. The number of hydrogen-bond donors (Lipinski definition) is 0. The minimum absolute atomic E-state index is 0.862. The molecule has 92 valence electrons. The normalized spacial score (nSPS) is 11.1. The lowest BCUT2D eigenvalue weighted by Gasteiger charge is -2.06. The molecule has 0 bridgehead atoms. The third-order valence-electron chi connectivity index (χ3n) is 3.12. The molecule has 2 heterocycles. The van der Waals surface area contributed by atoms with Crippen molar-refractivity contribution in [2.75, 3.05) is 7.11 Å². The molecule has 0 aliphatic heterocycles. The van der Waals surface area contributed by atoms with Crippen LogP contribution in [0.4, 0.5) is 0 Å². The highest BCUT2D eigenvalue weighted by Gasteiger charge is 2.08. The van der Waals surface area contributed by atoms with Gasteiger partial charge in [-0.1, -0.05) is 0 Å². The van der Waals surface area contributed by atoms with Gasteiger partial charge in [0.2, 0.25) is 0 Å². The topological polar surface area (TPSA) is 32.0 Å². The first-order chi connectivity index (χ1) is 8.69. The second-order valence-electron chi connectivity index (χ2n) is 4.38. The molecule has 4 nitrogen and oxygen atoms in total. The Balaban J connectivity index is 2.25.